The van der Waals surface area contributed by atoms with Gasteiger partial charge in [0, 0.05) is 37.3 Å². The number of aliphatic imine (C=N–C) groups is 1. The number of fused-ring (bicyclic) bond motifs is 1. The van der Waals surface area contributed by atoms with Gasteiger partial charge in [-0.3, -0.25) is 9.67 Å². The number of nitrogens with zero attached hydrogens (tertiary/aromatic N) is 4. The fraction of sp³-hybridized carbons (Fsp3) is 0.789. The zero-order valence-corrected chi connectivity index (χ0v) is 16.3. The van der Waals surface area contributed by atoms with Crippen molar-refractivity contribution in [3.8, 4) is 0 Å². The summed E-state index contributed by atoms with van der Waals surface area (Å²) in [7, 11) is 2.21. The zero-order valence-electron chi connectivity index (χ0n) is 16.3. The largest absolute Gasteiger partial charge is 0.357 e. The molecule has 1 aromatic rings. The fourth-order valence-corrected chi connectivity index (χ4v) is 3.82. The molecule has 6 heteroatoms. The highest BCUT2D eigenvalue weighted by molar-refractivity contribution is 5.80. The van der Waals surface area contributed by atoms with Crippen LogP contribution in [0.1, 0.15) is 57.3 Å². The van der Waals surface area contributed by atoms with Crippen LogP contribution in [-0.4, -0.2) is 59.4 Å². The van der Waals surface area contributed by atoms with E-state index in [1.165, 1.54) is 30.6 Å². The van der Waals surface area contributed by atoms with Crippen LogP contribution in [0.2, 0.25) is 0 Å². The standard InChI is InChI=1S/C19H34N6/c1-5-20-19(21-12-17-7-6-10-24(17)4)22-16-9-8-15-13-25(14(2)3)23-18(15)11-16/h13-14,16-17H,5-12H2,1-4H3,(H2,20,21,22). The van der Waals surface area contributed by atoms with E-state index in [4.69, 9.17) is 10.1 Å². The molecule has 2 atom stereocenters. The number of aryl methyl sites for hydroxylation is 1. The van der Waals surface area contributed by atoms with Crippen molar-refractivity contribution in [2.45, 2.75) is 71.0 Å². The molecule has 1 fully saturated rings. The molecule has 25 heavy (non-hydrogen) atoms. The molecule has 1 aliphatic carbocycles. The molecule has 0 spiro atoms. The van der Waals surface area contributed by atoms with Gasteiger partial charge in [-0.2, -0.15) is 5.10 Å². The zero-order chi connectivity index (χ0) is 17.8. The second-order valence-corrected chi connectivity index (χ2v) is 7.76. The first-order chi connectivity index (χ1) is 12.1. The van der Waals surface area contributed by atoms with Gasteiger partial charge in [0.25, 0.3) is 0 Å². The lowest BCUT2D eigenvalue weighted by Gasteiger charge is -2.25. The van der Waals surface area contributed by atoms with E-state index in [0.29, 0.717) is 18.1 Å². The lowest BCUT2D eigenvalue weighted by atomic mass is 9.94. The summed E-state index contributed by atoms with van der Waals surface area (Å²) in [5.74, 6) is 0.958. The molecule has 0 radical (unpaired) electrons. The van der Waals surface area contributed by atoms with Gasteiger partial charge >= 0.3 is 0 Å². The van der Waals surface area contributed by atoms with Crippen LogP contribution >= 0.6 is 0 Å². The maximum atomic E-state index is 4.86. The van der Waals surface area contributed by atoms with Gasteiger partial charge in [-0.25, -0.2) is 0 Å². The molecule has 2 unspecified atom stereocenters. The summed E-state index contributed by atoms with van der Waals surface area (Å²) in [4.78, 5) is 7.29. The number of rotatable bonds is 5. The summed E-state index contributed by atoms with van der Waals surface area (Å²) < 4.78 is 2.10. The molecule has 140 valence electrons. The molecule has 2 N–H and O–H groups in total. The first kappa shape index (κ1) is 18.2. The second-order valence-electron chi connectivity index (χ2n) is 7.76. The maximum Gasteiger partial charge on any atom is 0.191 e. The summed E-state index contributed by atoms with van der Waals surface area (Å²) in [5.41, 5.74) is 2.67. The highest BCUT2D eigenvalue weighted by atomic mass is 15.3. The van der Waals surface area contributed by atoms with E-state index >= 15 is 0 Å². The highest BCUT2D eigenvalue weighted by Gasteiger charge is 2.24. The summed E-state index contributed by atoms with van der Waals surface area (Å²) in [6.45, 7) is 9.47. The Kier molecular flexibility index (Phi) is 5.99. The van der Waals surface area contributed by atoms with Crippen molar-refractivity contribution in [1.29, 1.82) is 0 Å². The molecule has 0 aromatic carbocycles. The summed E-state index contributed by atoms with van der Waals surface area (Å²) in [6, 6.07) is 1.44. The van der Waals surface area contributed by atoms with Crippen molar-refractivity contribution in [3.05, 3.63) is 17.5 Å². The average molecular weight is 347 g/mol. The Labute approximate surface area is 152 Å². The van der Waals surface area contributed by atoms with Crippen molar-refractivity contribution >= 4 is 5.96 Å². The first-order valence-corrected chi connectivity index (χ1v) is 9.88. The SMILES string of the molecule is CCNC(=NCC1CCCN1C)NC1CCc2cn(C(C)C)nc2C1. The number of hydrogen-bond donors (Lipinski definition) is 2. The number of nitrogens with one attached hydrogen (secondary N) is 2. The topological polar surface area (TPSA) is 57.5 Å². The van der Waals surface area contributed by atoms with E-state index in [2.05, 4.69) is 54.2 Å². The second kappa shape index (κ2) is 8.21. The van der Waals surface area contributed by atoms with Gasteiger partial charge in [0.05, 0.1) is 12.2 Å². The molecule has 1 saturated heterocycles. The number of likely N-dealkylation sites (tertiary alicyclic amines) is 1. The highest BCUT2D eigenvalue weighted by Crippen LogP contribution is 2.22. The van der Waals surface area contributed by atoms with Crippen molar-refractivity contribution in [3.63, 3.8) is 0 Å². The third-order valence-electron chi connectivity index (χ3n) is 5.44. The predicted molar refractivity (Wildman–Crippen MR) is 103 cm³/mol. The van der Waals surface area contributed by atoms with Crippen LogP contribution in [0.4, 0.5) is 0 Å². The van der Waals surface area contributed by atoms with Gasteiger partial charge < -0.3 is 15.5 Å². The van der Waals surface area contributed by atoms with Crippen LogP contribution in [0.15, 0.2) is 11.2 Å². The van der Waals surface area contributed by atoms with Crippen LogP contribution in [0.5, 0.6) is 0 Å². The Morgan fingerprint density at radius 3 is 2.92 bits per heavy atom. The first-order valence-electron chi connectivity index (χ1n) is 9.88. The van der Waals surface area contributed by atoms with Crippen molar-refractivity contribution in [2.75, 3.05) is 26.7 Å². The minimum absolute atomic E-state index is 0.419. The molecule has 2 heterocycles. The van der Waals surface area contributed by atoms with Gasteiger partial charge in [-0.15, -0.1) is 0 Å². The lowest BCUT2D eigenvalue weighted by Crippen LogP contribution is -2.46. The van der Waals surface area contributed by atoms with E-state index in [9.17, 15) is 0 Å². The maximum absolute atomic E-state index is 4.86. The molecular formula is C19H34N6. The summed E-state index contributed by atoms with van der Waals surface area (Å²) >= 11 is 0. The smallest absolute Gasteiger partial charge is 0.191 e. The Morgan fingerprint density at radius 1 is 1.40 bits per heavy atom. The third kappa shape index (κ3) is 4.54. The van der Waals surface area contributed by atoms with Crippen LogP contribution in [0.3, 0.4) is 0 Å². The third-order valence-corrected chi connectivity index (χ3v) is 5.44. The van der Waals surface area contributed by atoms with Gasteiger partial charge in [0.1, 0.15) is 0 Å². The average Bonchev–Trinajstić information content (AvgIpc) is 3.18. The molecule has 0 saturated carbocycles. The number of likely N-dealkylation sites (N-methyl/N-ethyl adjacent to an activating group) is 1. The van der Waals surface area contributed by atoms with Crippen LogP contribution in [-0.2, 0) is 12.8 Å². The normalized spacial score (nSPS) is 24.6. The van der Waals surface area contributed by atoms with Crippen molar-refractivity contribution < 1.29 is 0 Å². The fourth-order valence-electron chi connectivity index (χ4n) is 3.82. The Bertz CT molecular complexity index is 591. The van der Waals surface area contributed by atoms with E-state index < -0.39 is 0 Å². The van der Waals surface area contributed by atoms with E-state index in [0.717, 1.165) is 38.3 Å². The molecule has 3 rings (SSSR count). The number of aromatic nitrogens is 2. The number of hydrogen-bond acceptors (Lipinski definition) is 3. The van der Waals surface area contributed by atoms with Gasteiger partial charge in [-0.05, 0) is 65.6 Å². The summed E-state index contributed by atoms with van der Waals surface area (Å²) in [6.07, 6.45) is 8.02. The molecule has 2 aliphatic rings. The van der Waals surface area contributed by atoms with Crippen LogP contribution in [0.25, 0.3) is 0 Å². The van der Waals surface area contributed by atoms with Gasteiger partial charge in [0.2, 0.25) is 0 Å². The Balaban J connectivity index is 1.60. The van der Waals surface area contributed by atoms with Gasteiger partial charge in [-0.1, -0.05) is 0 Å². The monoisotopic (exact) mass is 346 g/mol. The van der Waals surface area contributed by atoms with E-state index in [-0.39, 0.29) is 0 Å². The molecule has 6 nitrogen and oxygen atoms in total. The van der Waals surface area contributed by atoms with Crippen molar-refractivity contribution in [1.82, 2.24) is 25.3 Å². The molecular weight excluding hydrogens is 312 g/mol. The minimum Gasteiger partial charge on any atom is -0.357 e. The molecule has 1 aliphatic heterocycles. The molecule has 1 aromatic heterocycles. The van der Waals surface area contributed by atoms with Crippen LogP contribution < -0.4 is 10.6 Å². The Hall–Kier alpha value is -1.56. The molecule has 0 amide bonds. The van der Waals surface area contributed by atoms with E-state index in [1.807, 2.05) is 0 Å². The summed E-state index contributed by atoms with van der Waals surface area (Å²) in [5, 5.41) is 11.8. The van der Waals surface area contributed by atoms with Crippen LogP contribution in [0, 0.1) is 0 Å². The lowest BCUT2D eigenvalue weighted by molar-refractivity contribution is 0.317. The number of guanidine groups is 1. The Morgan fingerprint density at radius 2 is 2.24 bits per heavy atom. The molecule has 0 bridgehead atoms. The van der Waals surface area contributed by atoms with Gasteiger partial charge in [0.15, 0.2) is 5.96 Å². The predicted octanol–water partition coefficient (Wildman–Crippen LogP) is 1.97. The van der Waals surface area contributed by atoms with Crippen molar-refractivity contribution in [2.24, 2.45) is 4.99 Å². The van der Waals surface area contributed by atoms with E-state index in [1.54, 1.807) is 0 Å². The quantitative estimate of drug-likeness (QED) is 0.632. The minimum atomic E-state index is 0.419.